The number of guanidine groups is 1. The molecule has 26 heavy (non-hydrogen) atoms. The number of aliphatic hydroxyl groups is 1. The summed E-state index contributed by atoms with van der Waals surface area (Å²) in [4.78, 5) is 7.09. The molecule has 2 aromatic carbocycles. The molecule has 0 saturated carbocycles. The second kappa shape index (κ2) is 9.20. The Morgan fingerprint density at radius 2 is 1.81 bits per heavy atom. The minimum atomic E-state index is 0.0507. The van der Waals surface area contributed by atoms with Gasteiger partial charge in [0.1, 0.15) is 0 Å². The third kappa shape index (κ3) is 4.52. The highest BCUT2D eigenvalue weighted by Gasteiger charge is 2.16. The van der Waals surface area contributed by atoms with Gasteiger partial charge < -0.3 is 15.3 Å². The van der Waals surface area contributed by atoms with E-state index in [0.29, 0.717) is 6.54 Å². The molecule has 0 aliphatic carbocycles. The molecule has 3 rings (SSSR count). The van der Waals surface area contributed by atoms with Gasteiger partial charge in [0.15, 0.2) is 5.96 Å². The van der Waals surface area contributed by atoms with Crippen LogP contribution in [0.3, 0.4) is 0 Å². The zero-order valence-electron chi connectivity index (χ0n) is 15.4. The van der Waals surface area contributed by atoms with E-state index in [1.165, 1.54) is 11.1 Å². The molecule has 1 aliphatic rings. The lowest BCUT2D eigenvalue weighted by Gasteiger charge is -2.30. The highest BCUT2D eigenvalue weighted by Crippen LogP contribution is 2.22. The van der Waals surface area contributed by atoms with Crippen molar-refractivity contribution < 1.29 is 5.11 Å². The number of rotatable bonds is 5. The van der Waals surface area contributed by atoms with Gasteiger partial charge >= 0.3 is 0 Å². The minimum absolute atomic E-state index is 0.0507. The van der Waals surface area contributed by atoms with Crippen molar-refractivity contribution in [3.05, 3.63) is 77.4 Å². The summed E-state index contributed by atoms with van der Waals surface area (Å²) in [6, 6.07) is 18.5. The highest BCUT2D eigenvalue weighted by atomic mass is 16.3. The topological polar surface area (TPSA) is 47.9 Å². The summed E-state index contributed by atoms with van der Waals surface area (Å²) in [7, 11) is 0. The first kappa shape index (κ1) is 18.2. The molecule has 0 aromatic heterocycles. The van der Waals surface area contributed by atoms with Crippen molar-refractivity contribution in [3.8, 4) is 0 Å². The zero-order valence-corrected chi connectivity index (χ0v) is 15.4. The van der Waals surface area contributed by atoms with Gasteiger partial charge in [-0.15, -0.1) is 0 Å². The maximum atomic E-state index is 9.49. The van der Waals surface area contributed by atoms with E-state index in [9.17, 15) is 5.11 Å². The van der Waals surface area contributed by atoms with Crippen LogP contribution >= 0.6 is 0 Å². The molecule has 0 saturated heterocycles. The van der Waals surface area contributed by atoms with Gasteiger partial charge in [-0.25, -0.2) is 4.99 Å². The molecule has 0 spiro atoms. The molecule has 0 fully saturated rings. The van der Waals surface area contributed by atoms with Gasteiger partial charge in [-0.05, 0) is 35.6 Å². The van der Waals surface area contributed by atoms with Gasteiger partial charge in [-0.1, -0.05) is 60.7 Å². The number of hydrogen-bond acceptors (Lipinski definition) is 2. The Bertz CT molecular complexity index is 768. The fourth-order valence-electron chi connectivity index (χ4n) is 3.23. The van der Waals surface area contributed by atoms with Crippen molar-refractivity contribution in [2.24, 2.45) is 4.99 Å². The molecule has 2 aromatic rings. The molecule has 0 atom stereocenters. The number of aliphatic imine (C=N–C) groups is 1. The van der Waals surface area contributed by atoms with Crippen molar-refractivity contribution in [1.29, 1.82) is 0 Å². The Morgan fingerprint density at radius 3 is 2.46 bits per heavy atom. The van der Waals surface area contributed by atoms with E-state index < -0.39 is 0 Å². The molecule has 0 bridgehead atoms. The molecule has 4 nitrogen and oxygen atoms in total. The standard InChI is InChI=1S/C22H27N3O/c1-2-23-22(24-16-20-10-6-7-11-21(20)17-26)25-14-12-19(13-15-25)18-8-4-3-5-9-18/h3-12,26H,2,13-17H2,1H3,(H,23,24). The fraction of sp³-hybridized carbons (Fsp3) is 0.318. The molecule has 0 amide bonds. The van der Waals surface area contributed by atoms with Gasteiger partial charge in [0.25, 0.3) is 0 Å². The smallest absolute Gasteiger partial charge is 0.194 e. The lowest BCUT2D eigenvalue weighted by molar-refractivity contribution is 0.280. The molecule has 2 N–H and O–H groups in total. The number of nitrogens with one attached hydrogen (secondary N) is 1. The van der Waals surface area contributed by atoms with Crippen molar-refractivity contribution in [3.63, 3.8) is 0 Å². The first-order valence-electron chi connectivity index (χ1n) is 9.27. The van der Waals surface area contributed by atoms with Crippen LogP contribution in [0.15, 0.2) is 65.7 Å². The van der Waals surface area contributed by atoms with E-state index in [0.717, 1.165) is 43.1 Å². The number of benzene rings is 2. The zero-order chi connectivity index (χ0) is 18.2. The van der Waals surface area contributed by atoms with Gasteiger partial charge in [0, 0.05) is 19.6 Å². The van der Waals surface area contributed by atoms with Crippen molar-refractivity contribution in [2.75, 3.05) is 19.6 Å². The SMILES string of the molecule is CCNC(=NCc1ccccc1CO)N1CC=C(c2ccccc2)CC1. The monoisotopic (exact) mass is 349 g/mol. The Kier molecular flexibility index (Phi) is 6.45. The summed E-state index contributed by atoms with van der Waals surface area (Å²) in [5.41, 5.74) is 4.73. The van der Waals surface area contributed by atoms with Gasteiger partial charge in [0.05, 0.1) is 13.2 Å². The van der Waals surface area contributed by atoms with E-state index in [1.807, 2.05) is 24.3 Å². The molecular weight excluding hydrogens is 322 g/mol. The van der Waals surface area contributed by atoms with Gasteiger partial charge in [0.2, 0.25) is 0 Å². The average Bonchev–Trinajstić information content (AvgIpc) is 2.72. The number of hydrogen-bond donors (Lipinski definition) is 2. The van der Waals surface area contributed by atoms with E-state index in [4.69, 9.17) is 4.99 Å². The highest BCUT2D eigenvalue weighted by molar-refractivity contribution is 5.81. The second-order valence-corrected chi connectivity index (χ2v) is 6.39. The van der Waals surface area contributed by atoms with Crippen molar-refractivity contribution in [2.45, 2.75) is 26.5 Å². The quantitative estimate of drug-likeness (QED) is 0.642. The number of aliphatic hydroxyl groups excluding tert-OH is 1. The third-order valence-electron chi connectivity index (χ3n) is 4.68. The molecule has 4 heteroatoms. The summed E-state index contributed by atoms with van der Waals surface area (Å²) >= 11 is 0. The average molecular weight is 349 g/mol. The van der Waals surface area contributed by atoms with Gasteiger partial charge in [-0.3, -0.25) is 0 Å². The Labute approximate surface area is 155 Å². The van der Waals surface area contributed by atoms with Crippen LogP contribution in [0.1, 0.15) is 30.0 Å². The number of nitrogens with zero attached hydrogens (tertiary/aromatic N) is 2. The van der Waals surface area contributed by atoms with Gasteiger partial charge in [-0.2, -0.15) is 0 Å². The lowest BCUT2D eigenvalue weighted by Crippen LogP contribution is -2.43. The Balaban J connectivity index is 1.71. The van der Waals surface area contributed by atoms with E-state index in [1.54, 1.807) is 0 Å². The summed E-state index contributed by atoms with van der Waals surface area (Å²) in [6.07, 6.45) is 3.31. The van der Waals surface area contributed by atoms with Crippen molar-refractivity contribution >= 4 is 11.5 Å². The predicted molar refractivity (Wildman–Crippen MR) is 108 cm³/mol. The summed E-state index contributed by atoms with van der Waals surface area (Å²) in [5.74, 6) is 0.934. The normalized spacial score (nSPS) is 14.9. The first-order valence-corrected chi connectivity index (χ1v) is 9.27. The van der Waals surface area contributed by atoms with E-state index in [2.05, 4.69) is 53.5 Å². The van der Waals surface area contributed by atoms with Crippen molar-refractivity contribution in [1.82, 2.24) is 10.2 Å². The van der Waals surface area contributed by atoms with Crippen LogP contribution in [0.4, 0.5) is 0 Å². The fourth-order valence-corrected chi connectivity index (χ4v) is 3.23. The molecule has 1 heterocycles. The second-order valence-electron chi connectivity index (χ2n) is 6.39. The Hall–Kier alpha value is -2.59. The van der Waals surface area contributed by atoms with Crippen LogP contribution in [0, 0.1) is 0 Å². The molecule has 0 unspecified atom stereocenters. The minimum Gasteiger partial charge on any atom is -0.392 e. The molecule has 0 radical (unpaired) electrons. The van der Waals surface area contributed by atoms with E-state index in [-0.39, 0.29) is 6.61 Å². The van der Waals surface area contributed by atoms with Crippen LogP contribution in [-0.4, -0.2) is 35.6 Å². The van der Waals surface area contributed by atoms with Crippen LogP contribution in [0.2, 0.25) is 0 Å². The van der Waals surface area contributed by atoms with Crippen LogP contribution in [0.25, 0.3) is 5.57 Å². The van der Waals surface area contributed by atoms with Crippen LogP contribution < -0.4 is 5.32 Å². The van der Waals surface area contributed by atoms with Crippen LogP contribution in [-0.2, 0) is 13.2 Å². The third-order valence-corrected chi connectivity index (χ3v) is 4.68. The molecule has 1 aliphatic heterocycles. The van der Waals surface area contributed by atoms with E-state index >= 15 is 0 Å². The Morgan fingerprint density at radius 1 is 1.08 bits per heavy atom. The largest absolute Gasteiger partial charge is 0.392 e. The molecule has 136 valence electrons. The maximum Gasteiger partial charge on any atom is 0.194 e. The molecular formula is C22H27N3O. The first-order chi connectivity index (χ1) is 12.8. The summed E-state index contributed by atoms with van der Waals surface area (Å²) < 4.78 is 0. The summed E-state index contributed by atoms with van der Waals surface area (Å²) in [6.45, 7) is 5.37. The lowest BCUT2D eigenvalue weighted by atomic mass is 10.00. The maximum absolute atomic E-state index is 9.49. The predicted octanol–water partition coefficient (Wildman–Crippen LogP) is 3.43. The summed E-state index contributed by atoms with van der Waals surface area (Å²) in [5, 5.41) is 12.9. The van der Waals surface area contributed by atoms with Crippen LogP contribution in [0.5, 0.6) is 0 Å².